The molecule has 0 bridgehead atoms. The second-order valence-corrected chi connectivity index (χ2v) is 1.28. The molecule has 0 heterocycles. The summed E-state index contributed by atoms with van der Waals surface area (Å²) in [4.78, 5) is 0. The monoisotopic (exact) mass is 93.1 g/mol. The van der Waals surface area contributed by atoms with E-state index in [9.17, 15) is 0 Å². The van der Waals surface area contributed by atoms with Gasteiger partial charge in [-0.05, 0) is 13.8 Å². The summed E-state index contributed by atoms with van der Waals surface area (Å²) in [5.74, 6) is 0.190. The molecule has 0 atom stereocenters. The van der Waals surface area contributed by atoms with Crippen LogP contribution in [0.15, 0.2) is 0 Å². The molecule has 6 heavy (non-hydrogen) atoms. The summed E-state index contributed by atoms with van der Waals surface area (Å²) < 4.78 is 0. The van der Waals surface area contributed by atoms with Crippen LogP contribution >= 0.6 is 0 Å². The summed E-state index contributed by atoms with van der Waals surface area (Å²) >= 11 is 0. The van der Waals surface area contributed by atoms with Gasteiger partial charge in [-0.1, -0.05) is 0 Å². The maximum atomic E-state index is 7.89. The van der Waals surface area contributed by atoms with Gasteiger partial charge in [-0.15, -0.1) is 0 Å². The Bertz CT molecular complexity index is 53.1. The first-order valence-electron chi connectivity index (χ1n) is 1.67. The van der Waals surface area contributed by atoms with Gasteiger partial charge in [0.25, 0.3) is 0 Å². The number of nitriles is 1. The first-order chi connectivity index (χ1) is 2.27. The van der Waals surface area contributed by atoms with Crippen LogP contribution in [0.2, 0.25) is 0 Å². The number of hydrogen-bond acceptors (Lipinski definition) is 1. The Hall–Kier alpha value is 0.490. The van der Waals surface area contributed by atoms with Crippen LogP contribution in [-0.4, -0.2) is 29.6 Å². The molecule has 0 amide bonds. The third kappa shape index (κ3) is 8.82. The minimum absolute atomic E-state index is 0. The fourth-order valence-electron chi connectivity index (χ4n) is 0. The summed E-state index contributed by atoms with van der Waals surface area (Å²) in [7, 11) is 0. The van der Waals surface area contributed by atoms with E-state index in [1.165, 1.54) is 0 Å². The third-order valence-electron chi connectivity index (χ3n) is 0.258. The average Bonchev–Trinajstić information content (AvgIpc) is 1.38. The van der Waals surface area contributed by atoms with Crippen molar-refractivity contribution in [3.8, 4) is 6.07 Å². The second kappa shape index (κ2) is 5.49. The molecule has 30 valence electrons. The fraction of sp³-hybridized carbons (Fsp3) is 0.750. The van der Waals surface area contributed by atoms with Crippen LogP contribution in [0.5, 0.6) is 0 Å². The molecule has 0 aromatic carbocycles. The Morgan fingerprint density at radius 2 is 1.67 bits per heavy atom. The molecular formula is C4H8NNa. The van der Waals surface area contributed by atoms with Crippen LogP contribution in [0.4, 0.5) is 0 Å². The summed E-state index contributed by atoms with van der Waals surface area (Å²) in [6.45, 7) is 3.72. The van der Waals surface area contributed by atoms with Crippen LogP contribution in [0.1, 0.15) is 13.8 Å². The number of hydrogen-bond donors (Lipinski definition) is 0. The first kappa shape index (κ1) is 9.70. The van der Waals surface area contributed by atoms with E-state index in [1.54, 1.807) is 0 Å². The predicted octanol–water partition coefficient (Wildman–Crippen LogP) is 0.517. The van der Waals surface area contributed by atoms with E-state index < -0.39 is 0 Å². The van der Waals surface area contributed by atoms with E-state index in [0.29, 0.717) is 0 Å². The Morgan fingerprint density at radius 1 is 1.50 bits per heavy atom. The van der Waals surface area contributed by atoms with E-state index in [4.69, 9.17) is 5.26 Å². The van der Waals surface area contributed by atoms with Gasteiger partial charge in [-0.2, -0.15) is 5.26 Å². The predicted molar refractivity (Wildman–Crippen MR) is 27.6 cm³/mol. The van der Waals surface area contributed by atoms with Crippen LogP contribution in [0.3, 0.4) is 0 Å². The molecule has 1 nitrogen and oxygen atoms in total. The molecule has 0 aliphatic rings. The van der Waals surface area contributed by atoms with Gasteiger partial charge in [0.15, 0.2) is 0 Å². The topological polar surface area (TPSA) is 23.8 Å². The zero-order valence-corrected chi connectivity index (χ0v) is 3.52. The van der Waals surface area contributed by atoms with Crippen molar-refractivity contribution < 1.29 is 0 Å². The van der Waals surface area contributed by atoms with Crippen molar-refractivity contribution in [1.82, 2.24) is 0 Å². The van der Waals surface area contributed by atoms with E-state index >= 15 is 0 Å². The van der Waals surface area contributed by atoms with Gasteiger partial charge in [0.05, 0.1) is 6.07 Å². The van der Waals surface area contributed by atoms with Crippen molar-refractivity contribution >= 4 is 29.6 Å². The SMILES string of the molecule is CC(C)C#N.[NaH]. The molecule has 0 rings (SSSR count). The van der Waals surface area contributed by atoms with Gasteiger partial charge in [-0.3, -0.25) is 0 Å². The van der Waals surface area contributed by atoms with Crippen molar-refractivity contribution in [3.63, 3.8) is 0 Å². The molecule has 0 aromatic rings. The van der Waals surface area contributed by atoms with Gasteiger partial charge in [0, 0.05) is 5.92 Å². The Labute approximate surface area is 60.6 Å². The van der Waals surface area contributed by atoms with E-state index in [0.717, 1.165) is 0 Å². The third-order valence-corrected chi connectivity index (χ3v) is 0.258. The van der Waals surface area contributed by atoms with Crippen LogP contribution in [0.25, 0.3) is 0 Å². The van der Waals surface area contributed by atoms with Gasteiger partial charge < -0.3 is 0 Å². The zero-order valence-electron chi connectivity index (χ0n) is 3.52. The molecule has 0 fully saturated rings. The average molecular weight is 93.1 g/mol. The summed E-state index contributed by atoms with van der Waals surface area (Å²) in [6.07, 6.45) is 0. The molecule has 0 aliphatic carbocycles. The molecule has 2 heteroatoms. The van der Waals surface area contributed by atoms with Crippen molar-refractivity contribution in [2.75, 3.05) is 0 Å². The molecular weight excluding hydrogens is 85.0 g/mol. The molecule has 0 saturated carbocycles. The van der Waals surface area contributed by atoms with Gasteiger partial charge in [-0.25, -0.2) is 0 Å². The van der Waals surface area contributed by atoms with Gasteiger partial charge in [0.1, 0.15) is 0 Å². The fourth-order valence-corrected chi connectivity index (χ4v) is 0. The standard InChI is InChI=1S/C4H7N.Na.H/c1-4(2)3-5;;/h4H,1-2H3;;. The normalized spacial score (nSPS) is 6.33. The molecule has 0 unspecified atom stereocenters. The van der Waals surface area contributed by atoms with Crippen molar-refractivity contribution in [2.24, 2.45) is 5.92 Å². The van der Waals surface area contributed by atoms with Crippen LogP contribution in [-0.2, 0) is 0 Å². The van der Waals surface area contributed by atoms with Crippen LogP contribution in [0, 0.1) is 17.2 Å². The zero-order chi connectivity index (χ0) is 4.28. The maximum absolute atomic E-state index is 7.89. The van der Waals surface area contributed by atoms with Crippen molar-refractivity contribution in [2.45, 2.75) is 13.8 Å². The van der Waals surface area contributed by atoms with E-state index in [1.807, 2.05) is 19.9 Å². The molecule has 0 spiro atoms. The first-order valence-corrected chi connectivity index (χ1v) is 1.67. The molecule has 0 saturated heterocycles. The molecule has 0 aromatic heterocycles. The molecule has 0 aliphatic heterocycles. The minimum atomic E-state index is 0. The Morgan fingerprint density at radius 3 is 1.67 bits per heavy atom. The summed E-state index contributed by atoms with van der Waals surface area (Å²) in [6, 6.07) is 2.03. The molecule has 0 radical (unpaired) electrons. The van der Waals surface area contributed by atoms with E-state index in [2.05, 4.69) is 0 Å². The van der Waals surface area contributed by atoms with E-state index in [-0.39, 0.29) is 35.5 Å². The Balaban J connectivity index is 0. The number of nitrogens with zero attached hydrogens (tertiary/aromatic N) is 1. The summed E-state index contributed by atoms with van der Waals surface area (Å²) in [5, 5.41) is 7.89. The van der Waals surface area contributed by atoms with Gasteiger partial charge in [0.2, 0.25) is 0 Å². The van der Waals surface area contributed by atoms with Crippen molar-refractivity contribution in [1.29, 1.82) is 5.26 Å². The van der Waals surface area contributed by atoms with Gasteiger partial charge >= 0.3 is 29.6 Å². The quantitative estimate of drug-likeness (QED) is 0.400. The van der Waals surface area contributed by atoms with Crippen LogP contribution < -0.4 is 0 Å². The summed E-state index contributed by atoms with van der Waals surface area (Å²) in [5.41, 5.74) is 0. The molecule has 0 N–H and O–H groups in total. The van der Waals surface area contributed by atoms with Crippen molar-refractivity contribution in [3.05, 3.63) is 0 Å². The second-order valence-electron chi connectivity index (χ2n) is 1.28. The number of rotatable bonds is 0. The Kier molecular flexibility index (Phi) is 8.88.